The van der Waals surface area contributed by atoms with Crippen LogP contribution in [-0.2, 0) is 11.3 Å². The lowest BCUT2D eigenvalue weighted by Crippen LogP contribution is -2.07. The molecule has 0 saturated heterocycles. The zero-order valence-electron chi connectivity index (χ0n) is 10.5. The Hall–Kier alpha value is -2.00. The average Bonchev–Trinajstić information content (AvgIpc) is 2.40. The van der Waals surface area contributed by atoms with Crippen LogP contribution in [0.2, 0.25) is 5.02 Å². The fourth-order valence-electron chi connectivity index (χ4n) is 1.67. The van der Waals surface area contributed by atoms with Gasteiger partial charge < -0.3 is 10.5 Å². The summed E-state index contributed by atoms with van der Waals surface area (Å²) in [5.41, 5.74) is 8.44. The Balaban J connectivity index is 2.05. The van der Waals surface area contributed by atoms with Crippen molar-refractivity contribution in [2.24, 2.45) is 0 Å². The van der Waals surface area contributed by atoms with Gasteiger partial charge in [-0.05, 0) is 42.3 Å². The molecule has 2 aromatic carbocycles. The number of carbonyl (C=O) groups is 1. The Labute approximate surface area is 117 Å². The van der Waals surface area contributed by atoms with Crippen LogP contribution in [0.15, 0.2) is 42.5 Å². The van der Waals surface area contributed by atoms with Crippen molar-refractivity contribution in [1.29, 1.82) is 0 Å². The number of anilines is 1. The van der Waals surface area contributed by atoms with Crippen molar-refractivity contribution in [3.8, 4) is 0 Å². The zero-order valence-corrected chi connectivity index (χ0v) is 11.3. The molecule has 19 heavy (non-hydrogen) atoms. The SMILES string of the molecule is Cc1ccc(N)cc1C(=O)OCc1ccc(Cl)cc1. The van der Waals surface area contributed by atoms with E-state index in [2.05, 4.69) is 0 Å². The molecule has 0 atom stereocenters. The van der Waals surface area contributed by atoms with E-state index >= 15 is 0 Å². The number of benzene rings is 2. The molecule has 0 spiro atoms. The van der Waals surface area contributed by atoms with Gasteiger partial charge in [-0.3, -0.25) is 0 Å². The van der Waals surface area contributed by atoms with E-state index in [1.54, 1.807) is 30.3 Å². The number of hydrogen-bond donors (Lipinski definition) is 1. The van der Waals surface area contributed by atoms with Crippen LogP contribution in [0.3, 0.4) is 0 Å². The monoisotopic (exact) mass is 275 g/mol. The molecule has 0 bridgehead atoms. The van der Waals surface area contributed by atoms with Gasteiger partial charge in [0, 0.05) is 10.7 Å². The highest BCUT2D eigenvalue weighted by atomic mass is 35.5. The molecule has 2 N–H and O–H groups in total. The highest BCUT2D eigenvalue weighted by Crippen LogP contribution is 2.15. The molecule has 0 radical (unpaired) electrons. The average molecular weight is 276 g/mol. The normalized spacial score (nSPS) is 10.2. The fourth-order valence-corrected chi connectivity index (χ4v) is 1.79. The Morgan fingerprint density at radius 3 is 2.58 bits per heavy atom. The third-order valence-electron chi connectivity index (χ3n) is 2.76. The van der Waals surface area contributed by atoms with E-state index in [0.717, 1.165) is 11.1 Å². The van der Waals surface area contributed by atoms with Crippen molar-refractivity contribution in [2.45, 2.75) is 13.5 Å². The van der Waals surface area contributed by atoms with Gasteiger partial charge in [-0.25, -0.2) is 4.79 Å². The first-order valence-corrected chi connectivity index (χ1v) is 6.22. The van der Waals surface area contributed by atoms with Gasteiger partial charge >= 0.3 is 5.97 Å². The molecule has 0 heterocycles. The maximum absolute atomic E-state index is 12.0. The molecule has 0 aliphatic carbocycles. The molecular formula is C15H14ClNO2. The van der Waals surface area contributed by atoms with Crippen LogP contribution in [0.1, 0.15) is 21.5 Å². The van der Waals surface area contributed by atoms with E-state index in [0.29, 0.717) is 16.3 Å². The molecule has 0 unspecified atom stereocenters. The van der Waals surface area contributed by atoms with E-state index in [1.807, 2.05) is 19.1 Å². The summed E-state index contributed by atoms with van der Waals surface area (Å²) < 4.78 is 5.25. The molecule has 4 heteroatoms. The van der Waals surface area contributed by atoms with Gasteiger partial charge in [-0.2, -0.15) is 0 Å². The number of nitrogen functional groups attached to an aromatic ring is 1. The number of hydrogen-bond acceptors (Lipinski definition) is 3. The van der Waals surface area contributed by atoms with Gasteiger partial charge in [0.15, 0.2) is 0 Å². The Bertz CT molecular complexity index is 594. The van der Waals surface area contributed by atoms with Crippen LogP contribution < -0.4 is 5.73 Å². The van der Waals surface area contributed by atoms with E-state index in [1.165, 1.54) is 0 Å². The second-order valence-corrected chi connectivity index (χ2v) is 4.71. The first-order valence-electron chi connectivity index (χ1n) is 5.84. The molecule has 0 fully saturated rings. The standard InChI is InChI=1S/C15H14ClNO2/c1-10-2-7-13(17)8-14(10)15(18)19-9-11-3-5-12(16)6-4-11/h2-8H,9,17H2,1H3. The zero-order chi connectivity index (χ0) is 13.8. The van der Waals surface area contributed by atoms with E-state index < -0.39 is 0 Å². The highest BCUT2D eigenvalue weighted by molar-refractivity contribution is 6.30. The summed E-state index contributed by atoms with van der Waals surface area (Å²) in [7, 11) is 0. The molecule has 0 aromatic heterocycles. The summed E-state index contributed by atoms with van der Waals surface area (Å²) in [5.74, 6) is -0.375. The first-order chi connectivity index (χ1) is 9.06. The number of esters is 1. The molecular weight excluding hydrogens is 262 g/mol. The van der Waals surface area contributed by atoms with Crippen molar-refractivity contribution >= 4 is 23.3 Å². The van der Waals surface area contributed by atoms with Gasteiger partial charge in [0.1, 0.15) is 6.61 Å². The van der Waals surface area contributed by atoms with Crippen molar-refractivity contribution in [3.63, 3.8) is 0 Å². The maximum Gasteiger partial charge on any atom is 0.338 e. The molecule has 98 valence electrons. The van der Waals surface area contributed by atoms with Crippen molar-refractivity contribution in [3.05, 3.63) is 64.2 Å². The lowest BCUT2D eigenvalue weighted by atomic mass is 10.1. The summed E-state index contributed by atoms with van der Waals surface area (Å²) >= 11 is 5.79. The lowest BCUT2D eigenvalue weighted by molar-refractivity contribution is 0.0472. The second-order valence-electron chi connectivity index (χ2n) is 4.28. The Morgan fingerprint density at radius 1 is 1.21 bits per heavy atom. The molecule has 2 aromatic rings. The van der Waals surface area contributed by atoms with Gasteiger partial charge in [-0.15, -0.1) is 0 Å². The summed E-state index contributed by atoms with van der Waals surface area (Å²) in [6.07, 6.45) is 0. The van der Waals surface area contributed by atoms with Gasteiger partial charge in [0.25, 0.3) is 0 Å². The summed E-state index contributed by atoms with van der Waals surface area (Å²) in [5, 5.41) is 0.654. The molecule has 0 aliphatic rings. The van der Waals surface area contributed by atoms with Gasteiger partial charge in [-0.1, -0.05) is 29.8 Å². The minimum atomic E-state index is -0.375. The van der Waals surface area contributed by atoms with Crippen LogP contribution in [0, 0.1) is 6.92 Å². The van der Waals surface area contributed by atoms with Crippen LogP contribution in [0.25, 0.3) is 0 Å². The van der Waals surface area contributed by atoms with E-state index in [4.69, 9.17) is 22.1 Å². The third kappa shape index (κ3) is 3.48. The van der Waals surface area contributed by atoms with Crippen molar-refractivity contribution in [2.75, 3.05) is 5.73 Å². The molecule has 2 rings (SSSR count). The van der Waals surface area contributed by atoms with Gasteiger partial charge in [0.2, 0.25) is 0 Å². The van der Waals surface area contributed by atoms with Crippen LogP contribution in [0.4, 0.5) is 5.69 Å². The molecule has 0 saturated carbocycles. The van der Waals surface area contributed by atoms with Gasteiger partial charge in [0.05, 0.1) is 5.56 Å². The largest absolute Gasteiger partial charge is 0.457 e. The van der Waals surface area contributed by atoms with E-state index in [9.17, 15) is 4.79 Å². The topological polar surface area (TPSA) is 52.3 Å². The lowest BCUT2D eigenvalue weighted by Gasteiger charge is -2.08. The van der Waals surface area contributed by atoms with Crippen LogP contribution in [-0.4, -0.2) is 5.97 Å². The van der Waals surface area contributed by atoms with Crippen molar-refractivity contribution in [1.82, 2.24) is 0 Å². The molecule has 3 nitrogen and oxygen atoms in total. The fraction of sp³-hybridized carbons (Fsp3) is 0.133. The third-order valence-corrected chi connectivity index (χ3v) is 3.02. The Kier molecular flexibility index (Phi) is 4.07. The van der Waals surface area contributed by atoms with Crippen LogP contribution >= 0.6 is 11.6 Å². The predicted molar refractivity (Wildman–Crippen MR) is 76.2 cm³/mol. The summed E-state index contributed by atoms with van der Waals surface area (Å²) in [6, 6.07) is 12.3. The second kappa shape index (κ2) is 5.76. The first kappa shape index (κ1) is 13.4. The number of aryl methyl sites for hydroxylation is 1. The van der Waals surface area contributed by atoms with Crippen molar-refractivity contribution < 1.29 is 9.53 Å². The predicted octanol–water partition coefficient (Wildman–Crippen LogP) is 3.59. The minimum absolute atomic E-state index is 0.213. The quantitative estimate of drug-likeness (QED) is 0.688. The van der Waals surface area contributed by atoms with Crippen LogP contribution in [0.5, 0.6) is 0 Å². The minimum Gasteiger partial charge on any atom is -0.457 e. The molecule has 0 amide bonds. The highest BCUT2D eigenvalue weighted by Gasteiger charge is 2.11. The number of carbonyl (C=O) groups excluding carboxylic acids is 1. The smallest absolute Gasteiger partial charge is 0.338 e. The Morgan fingerprint density at radius 2 is 1.89 bits per heavy atom. The summed E-state index contributed by atoms with van der Waals surface area (Å²) in [4.78, 5) is 12.0. The summed E-state index contributed by atoms with van der Waals surface area (Å²) in [6.45, 7) is 2.06. The number of nitrogens with two attached hydrogens (primary N) is 1. The maximum atomic E-state index is 12.0. The van der Waals surface area contributed by atoms with E-state index in [-0.39, 0.29) is 12.6 Å². The number of ether oxygens (including phenoxy) is 1. The number of rotatable bonds is 3. The number of halogens is 1. The molecule has 0 aliphatic heterocycles.